The Balaban J connectivity index is 1.12. The van der Waals surface area contributed by atoms with Crippen LogP contribution in [0.15, 0.2) is 170 Å². The summed E-state index contributed by atoms with van der Waals surface area (Å²) in [5.74, 6) is 1.96. The average Bonchev–Trinajstić information content (AvgIpc) is 3.74. The molecule has 0 fully saturated rings. The van der Waals surface area contributed by atoms with Crippen LogP contribution >= 0.6 is 0 Å². The summed E-state index contributed by atoms with van der Waals surface area (Å²) in [5.41, 5.74) is 8.89. The second-order valence-electron chi connectivity index (χ2n) is 12.5. The van der Waals surface area contributed by atoms with Crippen LogP contribution in [0.4, 0.5) is 0 Å². The zero-order chi connectivity index (χ0) is 33.0. The number of para-hydroxylation sites is 1. The van der Waals surface area contributed by atoms with Gasteiger partial charge in [-0.15, -0.1) is 0 Å². The van der Waals surface area contributed by atoms with Gasteiger partial charge in [-0.2, -0.15) is 0 Å². The molecule has 7 aromatic carbocycles. The molecule has 50 heavy (non-hydrogen) atoms. The van der Waals surface area contributed by atoms with Crippen LogP contribution in [0.25, 0.3) is 92.1 Å². The van der Waals surface area contributed by atoms with Crippen molar-refractivity contribution >= 4 is 55.6 Å². The summed E-state index contributed by atoms with van der Waals surface area (Å²) in [7, 11) is 0. The van der Waals surface area contributed by atoms with Crippen LogP contribution in [0.1, 0.15) is 0 Å². The summed E-state index contributed by atoms with van der Waals surface area (Å²) in [6.45, 7) is 0. The van der Waals surface area contributed by atoms with E-state index in [0.717, 1.165) is 22.4 Å². The third-order valence-corrected chi connectivity index (χ3v) is 12.0. The normalized spacial score (nSPS) is 11.6. The molecule has 0 N–H and O–H groups in total. The summed E-state index contributed by atoms with van der Waals surface area (Å²) < 4.78 is 5.32. The van der Waals surface area contributed by atoms with E-state index in [9.17, 15) is 0 Å². The van der Waals surface area contributed by atoms with Crippen LogP contribution in [0.3, 0.4) is 0 Å². The number of hydrogen-bond acceptors (Lipinski definition) is 3. The van der Waals surface area contributed by atoms with Gasteiger partial charge in [0.15, 0.2) is 11.6 Å². The van der Waals surface area contributed by atoms with Crippen molar-refractivity contribution in [2.75, 3.05) is 0 Å². The molecule has 0 radical (unpaired) electrons. The van der Waals surface area contributed by atoms with Crippen LogP contribution in [0, 0.1) is 0 Å². The Morgan fingerprint density at radius 2 is 0.920 bits per heavy atom. The van der Waals surface area contributed by atoms with E-state index < -0.39 is 0 Å². The first-order valence-electron chi connectivity index (χ1n) is 16.7. The van der Waals surface area contributed by atoms with Crippen molar-refractivity contribution in [2.45, 2.75) is 0 Å². The maximum absolute atomic E-state index is 4.95. The molecule has 0 saturated heterocycles. The Bertz CT molecular complexity index is 2800. The van der Waals surface area contributed by atoms with Gasteiger partial charge in [0, 0.05) is 11.1 Å². The maximum atomic E-state index is 4.95. The minimum Gasteiger partial charge on any atom is -0.0615 e. The molecule has 10 aromatic rings. The fourth-order valence-corrected chi connectivity index (χ4v) is 9.69. The fraction of sp³-hybridized carbons (Fsp3) is 0. The van der Waals surface area contributed by atoms with E-state index in [1.54, 1.807) is 0 Å². The first-order chi connectivity index (χ1) is 24.8. The first kappa shape index (κ1) is 28.8. The molecular weight excluding hydrogens is 675 g/mol. The van der Waals surface area contributed by atoms with E-state index >= 15 is 0 Å². The Morgan fingerprint density at radius 3 is 1.62 bits per heavy atom. The SMILES string of the molecule is c1ccc(-c2nc(-c3ccccc3)nc(-c3ccc(-n4c5ccccc5c5ccc(-c6cccc7c6[se]c6ccccc67)cc54)cc3)n2)cc1. The summed E-state index contributed by atoms with van der Waals surface area (Å²) in [6, 6.07) is 60.1. The van der Waals surface area contributed by atoms with Crippen molar-refractivity contribution in [2.24, 2.45) is 0 Å². The molecule has 0 saturated carbocycles. The standard InChI is InChI=1S/C45H28N4Se/c1-3-12-29(13-4-1)43-46-44(30-14-5-2-6-15-30)48-45(47-43)31-22-25-33(26-23-31)49-39-20-9-7-16-35(39)36-27-24-32(28-40(36)49)34-18-11-19-38-37-17-8-10-21-41(37)50-42(34)38/h1-28H. The molecule has 0 bridgehead atoms. The number of hydrogen-bond donors (Lipinski definition) is 0. The molecule has 3 heterocycles. The minimum absolute atomic E-state index is 0.274. The van der Waals surface area contributed by atoms with Gasteiger partial charge in [-0.1, -0.05) is 60.7 Å². The first-order valence-corrected chi connectivity index (χ1v) is 18.4. The second kappa shape index (κ2) is 11.8. The van der Waals surface area contributed by atoms with Gasteiger partial charge in [0.2, 0.25) is 0 Å². The molecule has 0 amide bonds. The van der Waals surface area contributed by atoms with Crippen molar-refractivity contribution in [3.05, 3.63) is 170 Å². The van der Waals surface area contributed by atoms with E-state index in [1.165, 1.54) is 52.2 Å². The molecule has 0 aliphatic rings. The van der Waals surface area contributed by atoms with Crippen LogP contribution < -0.4 is 0 Å². The van der Waals surface area contributed by atoms with Crippen molar-refractivity contribution in [3.8, 4) is 51.0 Å². The molecule has 234 valence electrons. The predicted molar refractivity (Wildman–Crippen MR) is 208 cm³/mol. The quantitative estimate of drug-likeness (QED) is 0.168. The van der Waals surface area contributed by atoms with Gasteiger partial charge >= 0.3 is 208 Å². The Morgan fingerprint density at radius 1 is 0.380 bits per heavy atom. The molecule has 3 aromatic heterocycles. The molecule has 5 heteroatoms. The number of rotatable bonds is 5. The van der Waals surface area contributed by atoms with E-state index in [0.29, 0.717) is 17.5 Å². The van der Waals surface area contributed by atoms with Gasteiger partial charge in [0.05, 0.1) is 0 Å². The molecule has 0 unspecified atom stereocenters. The fourth-order valence-electron chi connectivity index (χ4n) is 7.09. The summed E-state index contributed by atoms with van der Waals surface area (Å²) in [6.07, 6.45) is 0. The number of benzene rings is 7. The zero-order valence-electron chi connectivity index (χ0n) is 26.9. The van der Waals surface area contributed by atoms with E-state index in [1.807, 2.05) is 60.7 Å². The van der Waals surface area contributed by atoms with E-state index in [2.05, 4.69) is 114 Å². The molecule has 10 rings (SSSR count). The van der Waals surface area contributed by atoms with Gasteiger partial charge in [-0.05, 0) is 0 Å². The molecule has 4 nitrogen and oxygen atoms in total. The summed E-state index contributed by atoms with van der Waals surface area (Å²) in [4.78, 5) is 14.8. The van der Waals surface area contributed by atoms with Crippen LogP contribution in [-0.2, 0) is 0 Å². The van der Waals surface area contributed by atoms with Crippen molar-refractivity contribution in [3.63, 3.8) is 0 Å². The Hall–Kier alpha value is -6.13. The molecule has 0 aliphatic carbocycles. The monoisotopic (exact) mass is 704 g/mol. The van der Waals surface area contributed by atoms with Crippen LogP contribution in [-0.4, -0.2) is 34.0 Å². The molecular formula is C45H28N4Se. The average molecular weight is 704 g/mol. The minimum atomic E-state index is 0.274. The smallest absolute Gasteiger partial charge is 0.0615 e. The van der Waals surface area contributed by atoms with Crippen LogP contribution in [0.5, 0.6) is 0 Å². The van der Waals surface area contributed by atoms with Gasteiger partial charge in [-0.3, -0.25) is 0 Å². The Kier molecular flexibility index (Phi) is 6.80. The predicted octanol–water partition coefficient (Wildman–Crippen LogP) is 11.0. The number of nitrogens with zero attached hydrogens (tertiary/aromatic N) is 4. The molecule has 0 atom stereocenters. The third kappa shape index (κ3) is 4.79. The third-order valence-electron chi connectivity index (χ3n) is 9.47. The van der Waals surface area contributed by atoms with Gasteiger partial charge in [-0.25, -0.2) is 4.98 Å². The van der Waals surface area contributed by atoms with Crippen molar-refractivity contribution in [1.82, 2.24) is 19.5 Å². The topological polar surface area (TPSA) is 43.6 Å². The Labute approximate surface area is 294 Å². The van der Waals surface area contributed by atoms with Gasteiger partial charge < -0.3 is 0 Å². The van der Waals surface area contributed by atoms with E-state index in [4.69, 9.17) is 15.0 Å². The number of aromatic nitrogens is 4. The second-order valence-corrected chi connectivity index (χ2v) is 14.7. The van der Waals surface area contributed by atoms with Crippen molar-refractivity contribution < 1.29 is 0 Å². The van der Waals surface area contributed by atoms with E-state index in [-0.39, 0.29) is 14.5 Å². The van der Waals surface area contributed by atoms with Crippen LogP contribution in [0.2, 0.25) is 0 Å². The number of fused-ring (bicyclic) bond motifs is 6. The molecule has 0 aliphatic heterocycles. The van der Waals surface area contributed by atoms with Gasteiger partial charge in [0.1, 0.15) is 0 Å². The summed E-state index contributed by atoms with van der Waals surface area (Å²) >= 11 is 0.274. The zero-order valence-corrected chi connectivity index (χ0v) is 28.6. The van der Waals surface area contributed by atoms with Gasteiger partial charge in [0.25, 0.3) is 0 Å². The molecule has 0 spiro atoms. The summed E-state index contributed by atoms with van der Waals surface area (Å²) in [5, 5.41) is 5.24. The van der Waals surface area contributed by atoms with Crippen molar-refractivity contribution in [1.29, 1.82) is 0 Å².